The molecular weight excluding hydrogens is 218 g/mol. The molecule has 1 aliphatic carbocycles. The molecule has 1 aliphatic heterocycles. The third-order valence-electron chi connectivity index (χ3n) is 4.25. The summed E-state index contributed by atoms with van der Waals surface area (Å²) in [5.74, 6) is 0. The van der Waals surface area contributed by atoms with Gasteiger partial charge in [0.2, 0.25) is 0 Å². The second-order valence-electron chi connectivity index (χ2n) is 6.61. The second kappa shape index (κ2) is 4.15. The highest BCUT2D eigenvalue weighted by Gasteiger charge is 2.23. The largest absolute Gasteiger partial charge is 0.388 e. The first-order chi connectivity index (χ1) is 8.55. The van der Waals surface area contributed by atoms with Crippen LogP contribution < -0.4 is 5.32 Å². The zero-order valence-corrected chi connectivity index (χ0v) is 11.8. The van der Waals surface area contributed by atoms with E-state index in [1.165, 1.54) is 42.5 Å². The Hall–Kier alpha value is -1.24. The zero-order chi connectivity index (χ0) is 12.8. The van der Waals surface area contributed by atoms with Gasteiger partial charge in [-0.3, -0.25) is 0 Å². The Kier molecular flexibility index (Phi) is 2.73. The number of benzene rings is 1. The number of hydrogen-bond donors (Lipinski definition) is 1. The Labute approximate surface area is 110 Å². The van der Waals surface area contributed by atoms with E-state index in [0.29, 0.717) is 0 Å². The van der Waals surface area contributed by atoms with Crippen LogP contribution in [0.5, 0.6) is 0 Å². The molecule has 0 fully saturated rings. The van der Waals surface area contributed by atoms with E-state index in [1.807, 2.05) is 0 Å². The molecule has 1 N–H and O–H groups in total. The van der Waals surface area contributed by atoms with Crippen molar-refractivity contribution in [1.29, 1.82) is 0 Å². The van der Waals surface area contributed by atoms with Gasteiger partial charge in [0.15, 0.2) is 0 Å². The van der Waals surface area contributed by atoms with E-state index in [2.05, 4.69) is 44.3 Å². The van der Waals surface area contributed by atoms with Gasteiger partial charge in [-0.25, -0.2) is 0 Å². The maximum Gasteiger partial charge on any atom is 0.0149 e. The molecule has 0 amide bonds. The number of rotatable bonds is 0. The summed E-state index contributed by atoms with van der Waals surface area (Å²) in [5.41, 5.74) is 7.89. The Morgan fingerprint density at radius 2 is 1.89 bits per heavy atom. The minimum atomic E-state index is 0.258. The van der Waals surface area contributed by atoms with Crippen LogP contribution in [0.15, 0.2) is 23.9 Å². The van der Waals surface area contributed by atoms with Gasteiger partial charge in [0.05, 0.1) is 0 Å². The minimum Gasteiger partial charge on any atom is -0.388 e. The lowest BCUT2D eigenvalue weighted by Gasteiger charge is -2.30. The Balaban J connectivity index is 2.05. The molecule has 1 aromatic carbocycles. The van der Waals surface area contributed by atoms with E-state index in [4.69, 9.17) is 0 Å². The van der Waals surface area contributed by atoms with Gasteiger partial charge in [0, 0.05) is 12.2 Å². The van der Waals surface area contributed by atoms with Crippen LogP contribution in [0.1, 0.15) is 56.7 Å². The molecule has 0 unspecified atom stereocenters. The summed E-state index contributed by atoms with van der Waals surface area (Å²) in [6, 6.07) is 7.12. The number of allylic oxidation sites excluding steroid dienone is 2. The number of fused-ring (bicyclic) bond motifs is 2. The maximum atomic E-state index is 3.59. The molecule has 0 aromatic heterocycles. The van der Waals surface area contributed by atoms with Crippen molar-refractivity contribution >= 4 is 5.57 Å². The number of aryl methyl sites for hydroxylation is 1. The van der Waals surface area contributed by atoms with Gasteiger partial charge in [-0.2, -0.15) is 0 Å². The van der Waals surface area contributed by atoms with E-state index in [-0.39, 0.29) is 5.41 Å². The zero-order valence-electron chi connectivity index (χ0n) is 11.8. The van der Waals surface area contributed by atoms with Crippen molar-refractivity contribution in [2.24, 2.45) is 0 Å². The summed E-state index contributed by atoms with van der Waals surface area (Å²) >= 11 is 0. The van der Waals surface area contributed by atoms with Crippen LogP contribution in [0.25, 0.3) is 5.57 Å². The molecule has 1 heteroatoms. The lowest BCUT2D eigenvalue weighted by molar-refractivity contribution is 0.588. The lowest BCUT2D eigenvalue weighted by atomic mass is 9.80. The topological polar surface area (TPSA) is 12.0 Å². The number of hydrogen-bond acceptors (Lipinski definition) is 1. The van der Waals surface area contributed by atoms with Gasteiger partial charge in [-0.05, 0) is 53.4 Å². The van der Waals surface area contributed by atoms with Gasteiger partial charge >= 0.3 is 0 Å². The molecule has 96 valence electrons. The van der Waals surface area contributed by atoms with Crippen molar-refractivity contribution in [1.82, 2.24) is 5.32 Å². The van der Waals surface area contributed by atoms with Crippen LogP contribution in [0.3, 0.4) is 0 Å². The second-order valence-corrected chi connectivity index (χ2v) is 6.61. The molecule has 0 bridgehead atoms. The third kappa shape index (κ3) is 1.96. The summed E-state index contributed by atoms with van der Waals surface area (Å²) < 4.78 is 0. The highest BCUT2D eigenvalue weighted by Crippen LogP contribution is 2.37. The summed E-state index contributed by atoms with van der Waals surface area (Å²) in [7, 11) is 0. The smallest absolute Gasteiger partial charge is 0.0149 e. The van der Waals surface area contributed by atoms with Gasteiger partial charge in [0.1, 0.15) is 0 Å². The quantitative estimate of drug-likeness (QED) is 0.723. The highest BCUT2D eigenvalue weighted by atomic mass is 14.9. The van der Waals surface area contributed by atoms with E-state index in [0.717, 1.165) is 6.54 Å². The average Bonchev–Trinajstić information content (AvgIpc) is 2.37. The van der Waals surface area contributed by atoms with E-state index >= 15 is 0 Å². The summed E-state index contributed by atoms with van der Waals surface area (Å²) in [6.45, 7) is 8.05. The summed E-state index contributed by atoms with van der Waals surface area (Å²) in [6.07, 6.45) is 4.94. The van der Waals surface area contributed by atoms with Gasteiger partial charge < -0.3 is 5.32 Å². The number of nitrogens with one attached hydrogen (secondary N) is 1. The molecule has 0 spiro atoms. The van der Waals surface area contributed by atoms with Crippen LogP contribution in [0.2, 0.25) is 0 Å². The van der Waals surface area contributed by atoms with Crippen molar-refractivity contribution in [3.8, 4) is 0 Å². The van der Waals surface area contributed by atoms with Crippen molar-refractivity contribution < 1.29 is 0 Å². The average molecular weight is 241 g/mol. The normalized spacial score (nSPS) is 19.1. The Morgan fingerprint density at radius 3 is 2.67 bits per heavy atom. The molecule has 0 saturated heterocycles. The predicted octanol–water partition coefficient (Wildman–Crippen LogP) is 4.02. The molecule has 18 heavy (non-hydrogen) atoms. The fourth-order valence-corrected chi connectivity index (χ4v) is 3.12. The van der Waals surface area contributed by atoms with Gasteiger partial charge in [-0.15, -0.1) is 0 Å². The predicted molar refractivity (Wildman–Crippen MR) is 77.6 cm³/mol. The first-order valence-corrected chi connectivity index (χ1v) is 7.15. The van der Waals surface area contributed by atoms with Crippen LogP contribution in [-0.2, 0) is 11.8 Å². The fraction of sp³-hybridized carbons (Fsp3) is 0.529. The van der Waals surface area contributed by atoms with Crippen LogP contribution in [-0.4, -0.2) is 6.54 Å². The van der Waals surface area contributed by atoms with Crippen molar-refractivity contribution in [2.45, 2.75) is 51.9 Å². The molecule has 0 radical (unpaired) electrons. The van der Waals surface area contributed by atoms with Crippen LogP contribution >= 0.6 is 0 Å². The maximum absolute atomic E-state index is 3.59. The molecule has 3 rings (SSSR count). The Morgan fingerprint density at radius 1 is 1.06 bits per heavy atom. The van der Waals surface area contributed by atoms with Crippen LogP contribution in [0.4, 0.5) is 0 Å². The van der Waals surface area contributed by atoms with Crippen molar-refractivity contribution in [2.75, 3.05) is 6.54 Å². The molecule has 1 heterocycles. The monoisotopic (exact) mass is 241 g/mol. The molecule has 1 nitrogen and oxygen atoms in total. The van der Waals surface area contributed by atoms with Crippen molar-refractivity contribution in [3.63, 3.8) is 0 Å². The van der Waals surface area contributed by atoms with Gasteiger partial charge in [-0.1, -0.05) is 39.0 Å². The van der Waals surface area contributed by atoms with Crippen molar-refractivity contribution in [3.05, 3.63) is 40.6 Å². The Bertz CT molecular complexity index is 503. The molecular formula is C17H23N. The lowest BCUT2D eigenvalue weighted by Crippen LogP contribution is -2.24. The molecule has 0 saturated carbocycles. The fourth-order valence-electron chi connectivity index (χ4n) is 3.12. The SMILES string of the molecule is CC(C)(C)c1ccc2c(c1)CCC1=C2CCCN1. The minimum absolute atomic E-state index is 0.258. The standard InChI is InChI=1S/C17H23N/c1-17(2,3)13-7-8-14-12(11-13)6-9-16-15(14)5-4-10-18-16/h7-8,11,18H,4-6,9-10H2,1-3H3. The summed E-state index contributed by atoms with van der Waals surface area (Å²) in [5, 5.41) is 3.59. The van der Waals surface area contributed by atoms with Crippen LogP contribution in [0, 0.1) is 0 Å². The molecule has 2 aliphatic rings. The van der Waals surface area contributed by atoms with E-state index < -0.39 is 0 Å². The summed E-state index contributed by atoms with van der Waals surface area (Å²) in [4.78, 5) is 0. The highest BCUT2D eigenvalue weighted by molar-refractivity contribution is 5.73. The van der Waals surface area contributed by atoms with E-state index in [9.17, 15) is 0 Å². The molecule has 0 atom stereocenters. The van der Waals surface area contributed by atoms with E-state index in [1.54, 1.807) is 11.1 Å². The first kappa shape index (κ1) is 11.8. The van der Waals surface area contributed by atoms with Gasteiger partial charge in [0.25, 0.3) is 0 Å². The molecule has 1 aromatic rings. The third-order valence-corrected chi connectivity index (χ3v) is 4.25. The first-order valence-electron chi connectivity index (χ1n) is 7.15.